The van der Waals surface area contributed by atoms with E-state index in [-0.39, 0.29) is 11.5 Å². The maximum atomic E-state index is 11.9. The molecule has 0 amide bonds. The van der Waals surface area contributed by atoms with Crippen LogP contribution in [0.3, 0.4) is 0 Å². The molecule has 1 aliphatic carbocycles. The molecule has 0 aromatic heterocycles. The topological polar surface area (TPSA) is 53.9 Å². The van der Waals surface area contributed by atoms with Gasteiger partial charge in [0.15, 0.2) is 0 Å². The number of carbonyl (C=O) groups excluding carboxylic acids is 1. The molecule has 2 aromatic rings. The largest absolute Gasteiger partial charge is 0.462 e. The van der Waals surface area contributed by atoms with Crippen LogP contribution in [-0.4, -0.2) is 29.1 Å². The molecular formula is C23H25N3O2S. The fraction of sp³-hybridized carbons (Fsp3) is 0.348. The van der Waals surface area contributed by atoms with E-state index in [9.17, 15) is 4.79 Å². The number of rotatable bonds is 4. The third-order valence-corrected chi connectivity index (χ3v) is 5.92. The van der Waals surface area contributed by atoms with E-state index in [4.69, 9.17) is 21.9 Å². The van der Waals surface area contributed by atoms with Gasteiger partial charge in [0.2, 0.25) is 5.11 Å². The van der Waals surface area contributed by atoms with Crippen LogP contribution in [0, 0.1) is 6.92 Å². The average Bonchev–Trinajstić information content (AvgIpc) is 3.30. The van der Waals surface area contributed by atoms with Gasteiger partial charge in [-0.2, -0.15) is 0 Å². The van der Waals surface area contributed by atoms with Gasteiger partial charge < -0.3 is 15.0 Å². The van der Waals surface area contributed by atoms with Crippen molar-refractivity contribution in [2.24, 2.45) is 4.99 Å². The van der Waals surface area contributed by atoms with E-state index in [1.807, 2.05) is 12.1 Å². The zero-order valence-electron chi connectivity index (χ0n) is 16.8. The number of amidine groups is 1. The molecule has 0 bridgehead atoms. The number of aliphatic imine (C=N–C) groups is 1. The molecule has 150 valence electrons. The molecule has 0 atom stereocenters. The van der Waals surface area contributed by atoms with Gasteiger partial charge in [0.1, 0.15) is 11.4 Å². The molecule has 6 heteroatoms. The highest BCUT2D eigenvalue weighted by molar-refractivity contribution is 7.80. The van der Waals surface area contributed by atoms with Crippen molar-refractivity contribution >= 4 is 40.5 Å². The van der Waals surface area contributed by atoms with Gasteiger partial charge in [-0.1, -0.05) is 30.5 Å². The fourth-order valence-electron chi connectivity index (χ4n) is 4.20. The molecule has 0 saturated heterocycles. The Labute approximate surface area is 176 Å². The number of esters is 1. The summed E-state index contributed by atoms with van der Waals surface area (Å²) in [5.41, 5.74) is 3.50. The first-order valence-electron chi connectivity index (χ1n) is 10.1. The Morgan fingerprint density at radius 1 is 1.14 bits per heavy atom. The van der Waals surface area contributed by atoms with E-state index < -0.39 is 0 Å². The Morgan fingerprint density at radius 3 is 2.41 bits per heavy atom. The quantitative estimate of drug-likeness (QED) is 0.564. The molecule has 29 heavy (non-hydrogen) atoms. The van der Waals surface area contributed by atoms with Crippen LogP contribution in [0.4, 0.5) is 11.4 Å². The number of carbonyl (C=O) groups is 1. The lowest BCUT2D eigenvalue weighted by Gasteiger charge is -2.37. The first-order valence-corrected chi connectivity index (χ1v) is 10.5. The lowest BCUT2D eigenvalue weighted by atomic mass is 9.93. The lowest BCUT2D eigenvalue weighted by Crippen LogP contribution is -2.52. The van der Waals surface area contributed by atoms with Crippen LogP contribution >= 0.6 is 12.2 Å². The molecule has 1 N–H and O–H groups in total. The number of thiocarbonyl (C=S) groups is 1. The van der Waals surface area contributed by atoms with E-state index in [2.05, 4.69) is 41.4 Å². The molecule has 1 fully saturated rings. The van der Waals surface area contributed by atoms with Crippen LogP contribution in [0.15, 0.2) is 53.5 Å². The Hall–Kier alpha value is -2.73. The van der Waals surface area contributed by atoms with Gasteiger partial charge in [-0.15, -0.1) is 0 Å². The predicted molar refractivity (Wildman–Crippen MR) is 121 cm³/mol. The van der Waals surface area contributed by atoms with Crippen molar-refractivity contribution in [3.8, 4) is 0 Å². The Bertz CT molecular complexity index is 945. The van der Waals surface area contributed by atoms with Gasteiger partial charge in [-0.3, -0.25) is 0 Å². The van der Waals surface area contributed by atoms with Crippen LogP contribution in [0.2, 0.25) is 0 Å². The molecule has 1 spiro atoms. The monoisotopic (exact) mass is 407 g/mol. The normalized spacial score (nSPS) is 17.5. The van der Waals surface area contributed by atoms with Crippen molar-refractivity contribution in [3.05, 3.63) is 59.7 Å². The number of hydrogen-bond acceptors (Lipinski definition) is 4. The molecule has 1 saturated carbocycles. The number of benzene rings is 2. The van der Waals surface area contributed by atoms with E-state index >= 15 is 0 Å². The highest BCUT2D eigenvalue weighted by Gasteiger charge is 2.50. The standard InChI is InChI=1S/C23H25N3O2S/c1-3-28-20(27)17-8-10-18(11-9-17)24-21-23(14-4-5-15-23)26(22(29)25-21)19-12-6-16(2)7-13-19/h6-13H,3-5,14-15H2,1-2H3,(H,24,25,29). The van der Waals surface area contributed by atoms with Crippen molar-refractivity contribution in [2.75, 3.05) is 16.8 Å². The van der Waals surface area contributed by atoms with Gasteiger partial charge >= 0.3 is 5.97 Å². The zero-order chi connectivity index (χ0) is 20.4. The fourth-order valence-corrected chi connectivity index (χ4v) is 4.57. The third-order valence-electron chi connectivity index (χ3n) is 5.65. The van der Waals surface area contributed by atoms with Crippen molar-refractivity contribution < 1.29 is 9.53 Å². The first kappa shape index (κ1) is 19.6. The first-order chi connectivity index (χ1) is 14.0. The predicted octanol–water partition coefficient (Wildman–Crippen LogP) is 5.10. The van der Waals surface area contributed by atoms with Crippen LogP contribution in [0.5, 0.6) is 0 Å². The van der Waals surface area contributed by atoms with Gasteiger partial charge in [-0.05, 0) is 75.3 Å². The summed E-state index contributed by atoms with van der Waals surface area (Å²) in [6, 6.07) is 15.8. The lowest BCUT2D eigenvalue weighted by molar-refractivity contribution is 0.0526. The molecule has 2 aromatic carbocycles. The van der Waals surface area contributed by atoms with E-state index in [1.54, 1.807) is 19.1 Å². The van der Waals surface area contributed by atoms with Gasteiger partial charge in [0.05, 0.1) is 12.2 Å². The van der Waals surface area contributed by atoms with Crippen LogP contribution < -0.4 is 10.2 Å². The summed E-state index contributed by atoms with van der Waals surface area (Å²) in [4.78, 5) is 18.9. The number of nitrogens with one attached hydrogen (secondary N) is 1. The second-order valence-corrected chi connectivity index (χ2v) is 7.94. The molecule has 5 nitrogen and oxygen atoms in total. The van der Waals surface area contributed by atoms with Crippen molar-refractivity contribution in [3.63, 3.8) is 0 Å². The summed E-state index contributed by atoms with van der Waals surface area (Å²) in [5, 5.41) is 4.08. The number of nitrogens with zero attached hydrogens (tertiary/aromatic N) is 2. The van der Waals surface area contributed by atoms with Gasteiger partial charge in [-0.25, -0.2) is 9.79 Å². The molecule has 1 heterocycles. The minimum Gasteiger partial charge on any atom is -0.462 e. The zero-order valence-corrected chi connectivity index (χ0v) is 17.6. The number of hydrogen-bond donors (Lipinski definition) is 1. The highest BCUT2D eigenvalue weighted by Crippen LogP contribution is 2.43. The molecule has 0 radical (unpaired) electrons. The third kappa shape index (κ3) is 3.65. The van der Waals surface area contributed by atoms with Crippen molar-refractivity contribution in [1.82, 2.24) is 0 Å². The molecule has 0 unspecified atom stereocenters. The minimum absolute atomic E-state index is 0.230. The summed E-state index contributed by atoms with van der Waals surface area (Å²) >= 11 is 5.68. The molecule has 2 aliphatic rings. The maximum Gasteiger partial charge on any atom is 0.338 e. The summed E-state index contributed by atoms with van der Waals surface area (Å²) in [6.07, 6.45) is 4.31. The van der Waals surface area contributed by atoms with Gasteiger partial charge in [0, 0.05) is 11.4 Å². The molecule has 1 aliphatic heterocycles. The highest BCUT2D eigenvalue weighted by atomic mass is 32.1. The summed E-state index contributed by atoms with van der Waals surface area (Å²) < 4.78 is 5.06. The van der Waals surface area contributed by atoms with Crippen LogP contribution in [0.1, 0.15) is 48.5 Å². The number of aryl methyl sites for hydroxylation is 1. The second kappa shape index (κ2) is 7.95. The number of anilines is 2. The van der Waals surface area contributed by atoms with Crippen molar-refractivity contribution in [1.29, 1.82) is 0 Å². The van der Waals surface area contributed by atoms with Crippen LogP contribution in [0.25, 0.3) is 0 Å². The molecule has 4 rings (SSSR count). The van der Waals surface area contributed by atoms with Gasteiger partial charge in [0.25, 0.3) is 0 Å². The Kier molecular flexibility index (Phi) is 5.37. The van der Waals surface area contributed by atoms with E-state index in [1.165, 1.54) is 5.56 Å². The summed E-state index contributed by atoms with van der Waals surface area (Å²) in [5.74, 6) is 0.584. The maximum absolute atomic E-state index is 11.9. The average molecular weight is 408 g/mol. The summed E-state index contributed by atoms with van der Waals surface area (Å²) in [7, 11) is 0. The Balaban J connectivity index is 1.60. The summed E-state index contributed by atoms with van der Waals surface area (Å²) in [6.45, 7) is 4.25. The Morgan fingerprint density at radius 2 is 1.79 bits per heavy atom. The molecular weight excluding hydrogens is 382 g/mol. The second-order valence-electron chi connectivity index (χ2n) is 7.58. The smallest absolute Gasteiger partial charge is 0.338 e. The van der Waals surface area contributed by atoms with E-state index in [0.717, 1.165) is 42.9 Å². The van der Waals surface area contributed by atoms with Crippen molar-refractivity contribution in [2.45, 2.75) is 45.1 Å². The minimum atomic E-state index is -0.309. The SMILES string of the molecule is CCOC(=O)c1ccc(NC2=NC(=S)N(c3ccc(C)cc3)C23CCCC3)cc1. The van der Waals surface area contributed by atoms with E-state index in [0.29, 0.717) is 17.3 Å². The number of ether oxygens (including phenoxy) is 1. The van der Waals surface area contributed by atoms with Crippen LogP contribution in [-0.2, 0) is 4.74 Å².